The number of Topliss-reactive ketones (excluding diaryl/α,β-unsaturated/α-hetero) is 2. The molecule has 0 spiro atoms. The molecule has 0 fully saturated rings. The molecule has 0 atom stereocenters. The van der Waals surface area contributed by atoms with E-state index in [1.807, 2.05) is 13.8 Å². The summed E-state index contributed by atoms with van der Waals surface area (Å²) in [5, 5.41) is 0. The standard InChI is InChI=1S/C28H26O6/c1-3-5-15-21(29)33-27-19-13-9-7-11-17(19)26(32)24-23(27)25(31)18-12-8-10-14-20(18)28(24)34-22(30)16-6-4-2/h7-14H,3-6,15-16H2,1-2H3. The van der Waals surface area contributed by atoms with Gasteiger partial charge in [0.15, 0.2) is 23.1 Å². The Labute approximate surface area is 198 Å². The molecular formula is C28H26O6. The average Bonchev–Trinajstić information content (AvgIpc) is 2.85. The second-order valence-electron chi connectivity index (χ2n) is 8.31. The molecule has 0 saturated carbocycles. The van der Waals surface area contributed by atoms with E-state index >= 15 is 0 Å². The van der Waals surface area contributed by atoms with E-state index in [1.54, 1.807) is 48.5 Å². The molecule has 0 unspecified atom stereocenters. The second-order valence-corrected chi connectivity index (χ2v) is 8.31. The number of esters is 2. The maximum absolute atomic E-state index is 13.6. The van der Waals surface area contributed by atoms with Gasteiger partial charge in [-0.1, -0.05) is 75.2 Å². The molecule has 0 aliphatic heterocycles. The normalized spacial score (nSPS) is 14.4. The number of allylic oxidation sites excluding steroid dienone is 2. The van der Waals surface area contributed by atoms with Crippen molar-refractivity contribution in [3.8, 4) is 0 Å². The van der Waals surface area contributed by atoms with Crippen molar-refractivity contribution in [3.63, 3.8) is 0 Å². The summed E-state index contributed by atoms with van der Waals surface area (Å²) in [7, 11) is 0. The first-order valence-corrected chi connectivity index (χ1v) is 11.7. The third kappa shape index (κ3) is 4.23. The first-order valence-electron chi connectivity index (χ1n) is 11.7. The van der Waals surface area contributed by atoms with Crippen molar-refractivity contribution in [2.75, 3.05) is 0 Å². The van der Waals surface area contributed by atoms with Crippen LogP contribution in [0, 0.1) is 0 Å². The Balaban J connectivity index is 1.95. The van der Waals surface area contributed by atoms with Crippen molar-refractivity contribution >= 4 is 35.0 Å². The molecule has 0 aromatic heterocycles. The Morgan fingerprint density at radius 3 is 1.32 bits per heavy atom. The van der Waals surface area contributed by atoms with Crippen molar-refractivity contribution in [3.05, 3.63) is 81.9 Å². The van der Waals surface area contributed by atoms with Gasteiger partial charge in [-0.25, -0.2) is 0 Å². The SMILES string of the molecule is CCCCC(=O)OC1=C2C(=O)c3ccccc3C(OC(=O)CCCC)=C2C(=O)c2ccccc21. The topological polar surface area (TPSA) is 86.7 Å². The van der Waals surface area contributed by atoms with Crippen molar-refractivity contribution in [1.29, 1.82) is 0 Å². The number of unbranched alkanes of at least 4 members (excludes halogenated alkanes) is 2. The number of rotatable bonds is 8. The Morgan fingerprint density at radius 2 is 0.971 bits per heavy atom. The smallest absolute Gasteiger partial charge is 0.311 e. The Hall–Kier alpha value is -3.80. The zero-order valence-corrected chi connectivity index (χ0v) is 19.3. The Kier molecular flexibility index (Phi) is 6.87. The molecule has 2 aromatic carbocycles. The number of fused-ring (bicyclic) bond motifs is 3. The zero-order chi connectivity index (χ0) is 24.2. The molecule has 4 rings (SSSR count). The highest BCUT2D eigenvalue weighted by Gasteiger charge is 2.43. The lowest BCUT2D eigenvalue weighted by atomic mass is 9.76. The fourth-order valence-corrected chi connectivity index (χ4v) is 4.14. The first-order chi connectivity index (χ1) is 16.5. The third-order valence-electron chi connectivity index (χ3n) is 5.89. The number of ether oxygens (including phenoxy) is 2. The molecule has 6 nitrogen and oxygen atoms in total. The number of carbonyl (C=O) groups excluding carboxylic acids is 4. The number of hydrogen-bond donors (Lipinski definition) is 0. The van der Waals surface area contributed by atoms with Gasteiger partial charge in [0.1, 0.15) is 0 Å². The van der Waals surface area contributed by atoms with E-state index in [0.29, 0.717) is 24.0 Å². The summed E-state index contributed by atoms with van der Waals surface area (Å²) in [5.74, 6) is -1.79. The minimum absolute atomic E-state index is 0.0351. The van der Waals surface area contributed by atoms with Gasteiger partial charge < -0.3 is 9.47 Å². The van der Waals surface area contributed by atoms with Crippen LogP contribution in [0.3, 0.4) is 0 Å². The van der Waals surface area contributed by atoms with Crippen LogP contribution in [-0.2, 0) is 19.1 Å². The van der Waals surface area contributed by atoms with Gasteiger partial charge in [0.05, 0.1) is 11.1 Å². The van der Waals surface area contributed by atoms with E-state index in [1.165, 1.54) is 0 Å². The summed E-state index contributed by atoms with van der Waals surface area (Å²) in [6.07, 6.45) is 3.28. The quantitative estimate of drug-likeness (QED) is 0.474. The summed E-state index contributed by atoms with van der Waals surface area (Å²) >= 11 is 0. The van der Waals surface area contributed by atoms with Crippen LogP contribution >= 0.6 is 0 Å². The third-order valence-corrected chi connectivity index (χ3v) is 5.89. The van der Waals surface area contributed by atoms with Gasteiger partial charge in [0.2, 0.25) is 0 Å². The number of carbonyl (C=O) groups is 4. The lowest BCUT2D eigenvalue weighted by Gasteiger charge is -2.29. The summed E-state index contributed by atoms with van der Waals surface area (Å²) in [5.41, 5.74) is 1.25. The fourth-order valence-electron chi connectivity index (χ4n) is 4.14. The van der Waals surface area contributed by atoms with Crippen LogP contribution in [0.15, 0.2) is 59.7 Å². The van der Waals surface area contributed by atoms with Crippen molar-refractivity contribution in [1.82, 2.24) is 0 Å². The van der Waals surface area contributed by atoms with E-state index < -0.39 is 23.5 Å². The highest BCUT2D eigenvalue weighted by Crippen LogP contribution is 2.45. The fraction of sp³-hybridized carbons (Fsp3) is 0.286. The molecular weight excluding hydrogens is 432 g/mol. The van der Waals surface area contributed by atoms with E-state index in [9.17, 15) is 19.2 Å². The minimum Gasteiger partial charge on any atom is -0.425 e. The van der Waals surface area contributed by atoms with Crippen LogP contribution in [0.4, 0.5) is 0 Å². The molecule has 2 aliphatic carbocycles. The second kappa shape index (κ2) is 10.00. The maximum Gasteiger partial charge on any atom is 0.311 e. The number of hydrogen-bond acceptors (Lipinski definition) is 6. The number of benzene rings is 2. The molecule has 2 aromatic rings. The molecule has 174 valence electrons. The number of ketones is 2. The van der Waals surface area contributed by atoms with E-state index in [4.69, 9.17) is 9.47 Å². The van der Waals surface area contributed by atoms with Gasteiger partial charge in [-0.3, -0.25) is 19.2 Å². The van der Waals surface area contributed by atoms with Crippen LogP contribution in [0.25, 0.3) is 11.5 Å². The predicted molar refractivity (Wildman–Crippen MR) is 127 cm³/mol. The van der Waals surface area contributed by atoms with Crippen LogP contribution in [0.2, 0.25) is 0 Å². The van der Waals surface area contributed by atoms with Crippen molar-refractivity contribution in [2.24, 2.45) is 0 Å². The van der Waals surface area contributed by atoms with Gasteiger partial charge in [0, 0.05) is 35.1 Å². The van der Waals surface area contributed by atoms with Gasteiger partial charge in [-0.15, -0.1) is 0 Å². The lowest BCUT2D eigenvalue weighted by molar-refractivity contribution is -0.137. The van der Waals surface area contributed by atoms with Gasteiger partial charge in [-0.2, -0.15) is 0 Å². The average molecular weight is 459 g/mol. The Bertz CT molecular complexity index is 1150. The van der Waals surface area contributed by atoms with Crippen LogP contribution in [0.1, 0.15) is 84.2 Å². The Morgan fingerprint density at radius 1 is 0.618 bits per heavy atom. The largest absolute Gasteiger partial charge is 0.425 e. The van der Waals surface area contributed by atoms with Crippen LogP contribution < -0.4 is 0 Å². The van der Waals surface area contributed by atoms with Crippen LogP contribution in [0.5, 0.6) is 0 Å². The molecule has 34 heavy (non-hydrogen) atoms. The van der Waals surface area contributed by atoms with Crippen molar-refractivity contribution in [2.45, 2.75) is 52.4 Å². The zero-order valence-electron chi connectivity index (χ0n) is 19.3. The summed E-state index contributed by atoms with van der Waals surface area (Å²) in [6, 6.07) is 13.4. The summed E-state index contributed by atoms with van der Waals surface area (Å²) in [4.78, 5) is 52.5. The molecule has 0 saturated heterocycles. The highest BCUT2D eigenvalue weighted by atomic mass is 16.5. The van der Waals surface area contributed by atoms with Gasteiger partial charge >= 0.3 is 11.9 Å². The van der Waals surface area contributed by atoms with E-state index in [2.05, 4.69) is 0 Å². The van der Waals surface area contributed by atoms with E-state index in [0.717, 1.165) is 12.8 Å². The van der Waals surface area contributed by atoms with Gasteiger partial charge in [0.25, 0.3) is 0 Å². The summed E-state index contributed by atoms with van der Waals surface area (Å²) < 4.78 is 11.5. The predicted octanol–water partition coefficient (Wildman–Crippen LogP) is 5.67. The monoisotopic (exact) mass is 458 g/mol. The summed E-state index contributed by atoms with van der Waals surface area (Å²) in [6.45, 7) is 3.93. The molecule has 0 N–H and O–H groups in total. The maximum atomic E-state index is 13.6. The van der Waals surface area contributed by atoms with Gasteiger partial charge in [-0.05, 0) is 12.8 Å². The first kappa shape index (κ1) is 23.4. The minimum atomic E-state index is -0.485. The molecule has 0 bridgehead atoms. The molecule has 0 radical (unpaired) electrons. The highest BCUT2D eigenvalue weighted by molar-refractivity contribution is 6.34. The van der Waals surface area contributed by atoms with E-state index in [-0.39, 0.29) is 46.6 Å². The lowest BCUT2D eigenvalue weighted by Crippen LogP contribution is -2.28. The molecule has 0 amide bonds. The molecule has 2 aliphatic rings. The van der Waals surface area contributed by atoms with Crippen LogP contribution in [-0.4, -0.2) is 23.5 Å². The van der Waals surface area contributed by atoms with Crippen molar-refractivity contribution < 1.29 is 28.7 Å². The molecule has 6 heteroatoms. The molecule has 0 heterocycles.